The fraction of sp³-hybridized carbons (Fsp3) is 0.435. The van der Waals surface area contributed by atoms with Gasteiger partial charge in [-0.2, -0.15) is 26.3 Å². The van der Waals surface area contributed by atoms with Crippen LogP contribution in [-0.2, 0) is 21.9 Å². The number of halogens is 6. The van der Waals surface area contributed by atoms with Gasteiger partial charge in [0.2, 0.25) is 0 Å². The maximum atomic E-state index is 13.1. The number of hydrogen-bond donors (Lipinski definition) is 0. The molecule has 1 amide bonds. The lowest BCUT2D eigenvalue weighted by atomic mass is 9.95. The van der Waals surface area contributed by atoms with Crippen LogP contribution in [-0.4, -0.2) is 43.1 Å². The van der Waals surface area contributed by atoms with Crippen molar-refractivity contribution in [3.05, 3.63) is 64.7 Å². The molecule has 33 heavy (non-hydrogen) atoms. The highest BCUT2D eigenvalue weighted by molar-refractivity contribution is 5.82. The van der Waals surface area contributed by atoms with Crippen LogP contribution in [0.3, 0.4) is 0 Å². The largest absolute Gasteiger partial charge is 0.416 e. The van der Waals surface area contributed by atoms with Crippen molar-refractivity contribution in [3.63, 3.8) is 0 Å². The first-order chi connectivity index (χ1) is 15.4. The molecule has 0 bridgehead atoms. The van der Waals surface area contributed by atoms with Gasteiger partial charge in [0, 0.05) is 38.3 Å². The zero-order chi connectivity index (χ0) is 24.0. The number of benzene rings is 2. The topological polar surface area (TPSA) is 32.8 Å². The quantitative estimate of drug-likeness (QED) is 0.575. The van der Waals surface area contributed by atoms with Gasteiger partial charge in [-0.05, 0) is 42.3 Å². The molecule has 2 aliphatic heterocycles. The second-order valence-electron chi connectivity index (χ2n) is 8.28. The number of amides is 1. The Balaban J connectivity index is 1.31. The van der Waals surface area contributed by atoms with Gasteiger partial charge in [-0.3, -0.25) is 4.79 Å². The zero-order valence-electron chi connectivity index (χ0n) is 17.7. The molecule has 2 aliphatic rings. The van der Waals surface area contributed by atoms with E-state index in [1.165, 1.54) is 18.2 Å². The van der Waals surface area contributed by atoms with Crippen molar-refractivity contribution < 1.29 is 35.9 Å². The first kappa shape index (κ1) is 23.4. The molecule has 2 unspecified atom stereocenters. The van der Waals surface area contributed by atoms with Crippen molar-refractivity contribution in [1.29, 1.82) is 0 Å². The minimum Gasteiger partial charge on any atom is -0.368 e. The smallest absolute Gasteiger partial charge is 0.368 e. The first-order valence-corrected chi connectivity index (χ1v) is 10.5. The highest BCUT2D eigenvalue weighted by Gasteiger charge is 2.40. The second-order valence-corrected chi connectivity index (χ2v) is 8.28. The van der Waals surface area contributed by atoms with E-state index in [0.717, 1.165) is 29.8 Å². The third-order valence-corrected chi connectivity index (χ3v) is 6.11. The molecule has 0 saturated carbocycles. The lowest BCUT2D eigenvalue weighted by Gasteiger charge is -2.42. The van der Waals surface area contributed by atoms with Crippen LogP contribution in [0.5, 0.6) is 0 Å². The molecule has 2 atom stereocenters. The lowest BCUT2D eigenvalue weighted by molar-refractivity contribution is -0.174. The number of anilines is 1. The summed E-state index contributed by atoms with van der Waals surface area (Å²) in [4.78, 5) is 16.2. The molecule has 0 aromatic heterocycles. The van der Waals surface area contributed by atoms with Crippen LogP contribution >= 0.6 is 0 Å². The number of piperazine rings is 1. The third-order valence-electron chi connectivity index (χ3n) is 6.11. The molecule has 2 aromatic carbocycles. The second kappa shape index (κ2) is 8.55. The van der Waals surface area contributed by atoms with E-state index in [4.69, 9.17) is 4.74 Å². The Morgan fingerprint density at radius 2 is 1.42 bits per heavy atom. The summed E-state index contributed by atoms with van der Waals surface area (Å²) in [6.45, 7) is 3.22. The fourth-order valence-corrected chi connectivity index (χ4v) is 4.14. The molecule has 2 aromatic rings. The Morgan fingerprint density at radius 3 is 1.97 bits per heavy atom. The number of nitrogens with zero attached hydrogens (tertiary/aromatic N) is 2. The van der Waals surface area contributed by atoms with E-state index in [1.54, 1.807) is 11.8 Å². The van der Waals surface area contributed by atoms with Crippen LogP contribution in [0.25, 0.3) is 0 Å². The predicted molar refractivity (Wildman–Crippen MR) is 109 cm³/mol. The Morgan fingerprint density at radius 1 is 0.879 bits per heavy atom. The van der Waals surface area contributed by atoms with Gasteiger partial charge in [0.15, 0.2) is 0 Å². The molecule has 4 rings (SSSR count). The van der Waals surface area contributed by atoms with Gasteiger partial charge < -0.3 is 14.5 Å². The zero-order valence-corrected chi connectivity index (χ0v) is 17.7. The van der Waals surface area contributed by atoms with Gasteiger partial charge in [-0.15, -0.1) is 0 Å². The van der Waals surface area contributed by atoms with E-state index < -0.39 is 35.7 Å². The Labute approximate surface area is 186 Å². The number of rotatable bonds is 3. The van der Waals surface area contributed by atoms with Crippen molar-refractivity contribution in [2.45, 2.75) is 37.9 Å². The molecule has 2 saturated heterocycles. The average Bonchev–Trinajstić information content (AvgIpc) is 2.72. The van der Waals surface area contributed by atoms with Crippen LogP contribution in [0.2, 0.25) is 0 Å². The van der Waals surface area contributed by atoms with Crippen LogP contribution in [0.1, 0.15) is 34.8 Å². The molecule has 0 radical (unpaired) electrons. The molecule has 0 spiro atoms. The summed E-state index contributed by atoms with van der Waals surface area (Å²) in [7, 11) is 0. The molecular formula is C23H22F6N2O2. The summed E-state index contributed by atoms with van der Waals surface area (Å²) < 4.78 is 82.9. The maximum absolute atomic E-state index is 13.1. The van der Waals surface area contributed by atoms with Crippen LogP contribution in [0.15, 0.2) is 42.5 Å². The number of alkyl halides is 6. The molecule has 0 aliphatic carbocycles. The fourth-order valence-electron chi connectivity index (χ4n) is 4.14. The molecule has 4 nitrogen and oxygen atoms in total. The molecule has 178 valence electrons. The minimum atomic E-state index is -4.43. The summed E-state index contributed by atoms with van der Waals surface area (Å²) in [6, 6.07) is 8.32. The van der Waals surface area contributed by atoms with Crippen molar-refractivity contribution in [2.24, 2.45) is 0 Å². The number of carbonyl (C=O) groups is 1. The Bertz CT molecular complexity index is 1010. The van der Waals surface area contributed by atoms with E-state index in [9.17, 15) is 31.1 Å². The Hall–Kier alpha value is -2.75. The normalized spacial score (nSPS) is 21.7. The van der Waals surface area contributed by atoms with Crippen molar-refractivity contribution >= 4 is 11.6 Å². The summed E-state index contributed by atoms with van der Waals surface area (Å²) in [6.07, 6.45) is -9.57. The summed E-state index contributed by atoms with van der Waals surface area (Å²) >= 11 is 0. The number of aryl methyl sites for hydroxylation is 1. The Kier molecular flexibility index (Phi) is 6.07. The average molecular weight is 472 g/mol. The van der Waals surface area contributed by atoms with E-state index >= 15 is 0 Å². The van der Waals surface area contributed by atoms with Crippen LogP contribution < -0.4 is 4.90 Å². The minimum absolute atomic E-state index is 0.210. The van der Waals surface area contributed by atoms with Gasteiger partial charge in [0.05, 0.1) is 17.2 Å². The summed E-state index contributed by atoms with van der Waals surface area (Å²) in [5.41, 5.74) is 0.353. The molecule has 10 heteroatoms. The van der Waals surface area contributed by atoms with Crippen molar-refractivity contribution in [3.8, 4) is 0 Å². The number of carbonyl (C=O) groups excluding carboxylic acids is 1. The lowest BCUT2D eigenvalue weighted by Crippen LogP contribution is -2.54. The van der Waals surface area contributed by atoms with Gasteiger partial charge in [0.25, 0.3) is 5.91 Å². The van der Waals surface area contributed by atoms with E-state index in [1.807, 2.05) is 4.90 Å². The SMILES string of the molecule is Cc1ccc(C(F)(F)F)cc1N1CCN(C(=O)C2CC(c3ccc(C(F)(F)F)cc3)O2)CC1. The highest BCUT2D eigenvalue weighted by Crippen LogP contribution is 2.38. The van der Waals surface area contributed by atoms with E-state index in [-0.39, 0.29) is 5.91 Å². The highest BCUT2D eigenvalue weighted by atomic mass is 19.4. The monoisotopic (exact) mass is 472 g/mol. The van der Waals surface area contributed by atoms with E-state index in [0.29, 0.717) is 43.9 Å². The van der Waals surface area contributed by atoms with Crippen LogP contribution in [0, 0.1) is 6.92 Å². The van der Waals surface area contributed by atoms with Crippen molar-refractivity contribution in [2.75, 3.05) is 31.1 Å². The standard InChI is InChI=1S/C23H22F6N2O2/c1-14-2-5-17(23(27,28)29)12-18(14)30-8-10-31(11-9-30)21(32)20-13-19(33-20)15-3-6-16(7-4-15)22(24,25)26/h2-7,12,19-20H,8-11,13H2,1H3. The van der Waals surface area contributed by atoms with Crippen molar-refractivity contribution in [1.82, 2.24) is 4.90 Å². The van der Waals surface area contributed by atoms with Gasteiger partial charge >= 0.3 is 12.4 Å². The maximum Gasteiger partial charge on any atom is 0.416 e. The molecule has 0 N–H and O–H groups in total. The predicted octanol–water partition coefficient (Wildman–Crippen LogP) is 5.21. The van der Waals surface area contributed by atoms with Gasteiger partial charge in [-0.1, -0.05) is 18.2 Å². The first-order valence-electron chi connectivity index (χ1n) is 10.5. The summed E-state index contributed by atoms with van der Waals surface area (Å²) in [5.74, 6) is -0.210. The molecule has 2 fully saturated rings. The number of ether oxygens (including phenoxy) is 1. The number of hydrogen-bond acceptors (Lipinski definition) is 3. The third kappa shape index (κ3) is 4.95. The molecule has 2 heterocycles. The van der Waals surface area contributed by atoms with E-state index in [2.05, 4.69) is 0 Å². The molecular weight excluding hydrogens is 450 g/mol. The van der Waals surface area contributed by atoms with Gasteiger partial charge in [0.1, 0.15) is 6.10 Å². The van der Waals surface area contributed by atoms with Crippen LogP contribution in [0.4, 0.5) is 32.0 Å². The van der Waals surface area contributed by atoms with Gasteiger partial charge in [-0.25, -0.2) is 0 Å². The summed E-state index contributed by atoms with van der Waals surface area (Å²) in [5, 5.41) is 0.